The lowest BCUT2D eigenvalue weighted by molar-refractivity contribution is -0.173. The molecule has 0 aromatic carbocycles. The van der Waals surface area contributed by atoms with Crippen molar-refractivity contribution < 1.29 is 64.6 Å². The highest BCUT2D eigenvalue weighted by Crippen LogP contribution is 2.52. The van der Waals surface area contributed by atoms with Crippen molar-refractivity contribution in [2.45, 2.75) is 100 Å². The molecule has 0 aromatic rings. The van der Waals surface area contributed by atoms with Gasteiger partial charge < -0.3 is 23.7 Å². The van der Waals surface area contributed by atoms with E-state index in [9.17, 15) is 36.4 Å². The minimum atomic E-state index is -5.83. The first-order valence-electron chi connectivity index (χ1n) is 12.0. The molecule has 208 valence electrons. The lowest BCUT2D eigenvalue weighted by Crippen LogP contribution is -2.49. The van der Waals surface area contributed by atoms with Crippen LogP contribution in [0.2, 0.25) is 0 Å². The minimum Gasteiger partial charge on any atom is -0.459 e. The Morgan fingerprint density at radius 2 is 1.76 bits per heavy atom. The van der Waals surface area contributed by atoms with Crippen molar-refractivity contribution in [3.05, 3.63) is 0 Å². The van der Waals surface area contributed by atoms with Crippen molar-refractivity contribution in [2.24, 2.45) is 11.8 Å². The van der Waals surface area contributed by atoms with Crippen LogP contribution in [0, 0.1) is 11.8 Å². The number of hydrogen-bond donors (Lipinski definition) is 1. The fourth-order valence-corrected chi connectivity index (χ4v) is 5.98. The number of esters is 4. The summed E-state index contributed by atoms with van der Waals surface area (Å²) in [6.07, 6.45) is -3.94. The van der Waals surface area contributed by atoms with E-state index in [4.69, 9.17) is 23.5 Å². The molecule has 1 N–H and O–H groups in total. The van der Waals surface area contributed by atoms with E-state index < -0.39 is 100 Å². The highest BCUT2D eigenvalue weighted by atomic mass is 32.2. The lowest BCUT2D eigenvalue weighted by Gasteiger charge is -2.32. The van der Waals surface area contributed by atoms with Crippen LogP contribution in [0.15, 0.2) is 0 Å². The van der Waals surface area contributed by atoms with Gasteiger partial charge in [0.05, 0.1) is 12.8 Å². The van der Waals surface area contributed by atoms with Crippen molar-refractivity contribution in [1.82, 2.24) is 0 Å². The van der Waals surface area contributed by atoms with Crippen molar-refractivity contribution >= 4 is 34.0 Å². The lowest BCUT2D eigenvalue weighted by atomic mass is 9.78. The largest absolute Gasteiger partial charge is 0.459 e. The normalized spacial score (nSPS) is 32.6. The van der Waals surface area contributed by atoms with Gasteiger partial charge in [0, 0.05) is 0 Å². The van der Waals surface area contributed by atoms with Crippen LogP contribution in [-0.4, -0.2) is 78.2 Å². The maximum absolute atomic E-state index is 13.5. The summed E-state index contributed by atoms with van der Waals surface area (Å²) in [7, 11) is -5.83. The summed E-state index contributed by atoms with van der Waals surface area (Å²) in [6.45, 7) is 2.48. The number of rotatable bonds is 10. The number of alkyl halides is 2. The first-order chi connectivity index (χ1) is 17.2. The fourth-order valence-electron chi connectivity index (χ4n) is 5.52. The first-order valence-corrected chi connectivity index (χ1v) is 13.5. The van der Waals surface area contributed by atoms with Crippen LogP contribution in [0.1, 0.15) is 58.8 Å². The molecule has 0 spiro atoms. The summed E-state index contributed by atoms with van der Waals surface area (Å²) in [5.74, 6) is -5.53. The monoisotopic (exact) mass is 554 g/mol. The van der Waals surface area contributed by atoms with Gasteiger partial charge in [-0.05, 0) is 39.0 Å². The van der Waals surface area contributed by atoms with Gasteiger partial charge in [-0.3, -0.25) is 23.7 Å². The molecule has 12 nitrogen and oxygen atoms in total. The van der Waals surface area contributed by atoms with Crippen LogP contribution >= 0.6 is 0 Å². The van der Waals surface area contributed by atoms with Gasteiger partial charge >= 0.3 is 39.2 Å². The van der Waals surface area contributed by atoms with E-state index in [2.05, 4.69) is 4.74 Å². The topological polar surface area (TPSA) is 169 Å². The molecular formula is C22H28F2O12S. The Hall–Kier alpha value is -2.39. The third-order valence-electron chi connectivity index (χ3n) is 7.58. The zero-order valence-corrected chi connectivity index (χ0v) is 20.9. The summed E-state index contributed by atoms with van der Waals surface area (Å²) < 4.78 is 83.7. The Balaban J connectivity index is 1.35. The van der Waals surface area contributed by atoms with E-state index in [1.54, 1.807) is 0 Å². The standard InChI is InChI=1S/C22H28F2O12S/c1-3-21(8-4-5-9-21)36-20(28)14-13-15-18(35-19(13)27)17(16(14)34-15)33-12(26)7-6-11(25)32-10(2)22(23,24)37(29,30)31/h10,13-18H,3-9H2,1-2H3,(H,29,30,31). The molecule has 3 aliphatic heterocycles. The van der Waals surface area contributed by atoms with Crippen molar-refractivity contribution in [1.29, 1.82) is 0 Å². The predicted molar refractivity (Wildman–Crippen MR) is 114 cm³/mol. The van der Waals surface area contributed by atoms with Crippen LogP contribution in [0.25, 0.3) is 0 Å². The maximum atomic E-state index is 13.5. The smallest absolute Gasteiger partial charge is 0.405 e. The number of fused-ring (bicyclic) bond motifs is 1. The van der Waals surface area contributed by atoms with Crippen molar-refractivity contribution in [3.63, 3.8) is 0 Å². The van der Waals surface area contributed by atoms with Crippen molar-refractivity contribution in [2.75, 3.05) is 0 Å². The van der Waals surface area contributed by atoms with Crippen LogP contribution < -0.4 is 0 Å². The van der Waals surface area contributed by atoms with E-state index in [-0.39, 0.29) is 0 Å². The molecule has 1 aliphatic carbocycles. The van der Waals surface area contributed by atoms with Gasteiger partial charge in [0.15, 0.2) is 18.3 Å². The molecule has 3 saturated heterocycles. The molecule has 1 saturated carbocycles. The van der Waals surface area contributed by atoms with Gasteiger partial charge in [0.2, 0.25) is 0 Å². The quantitative estimate of drug-likeness (QED) is 0.234. The third-order valence-corrected chi connectivity index (χ3v) is 8.60. The van der Waals surface area contributed by atoms with Gasteiger partial charge in [-0.15, -0.1) is 0 Å². The highest BCUT2D eigenvalue weighted by Gasteiger charge is 2.72. The average Bonchev–Trinajstić information content (AvgIpc) is 3.55. The zero-order valence-electron chi connectivity index (χ0n) is 20.1. The summed E-state index contributed by atoms with van der Waals surface area (Å²) in [6, 6.07) is 0. The Morgan fingerprint density at radius 3 is 2.35 bits per heavy atom. The molecule has 37 heavy (non-hydrogen) atoms. The van der Waals surface area contributed by atoms with Crippen LogP contribution in [0.5, 0.6) is 0 Å². The number of ether oxygens (including phenoxy) is 5. The number of halogens is 2. The van der Waals surface area contributed by atoms with E-state index in [1.165, 1.54) is 0 Å². The zero-order chi connectivity index (χ0) is 27.3. The maximum Gasteiger partial charge on any atom is 0.405 e. The highest BCUT2D eigenvalue weighted by molar-refractivity contribution is 7.86. The first kappa shape index (κ1) is 27.6. The van der Waals surface area contributed by atoms with Gasteiger partial charge in [-0.1, -0.05) is 6.92 Å². The molecule has 4 rings (SSSR count). The molecular weight excluding hydrogens is 526 g/mol. The molecule has 0 aromatic heterocycles. The SMILES string of the molecule is CCC1(OC(=O)C2C3OC4C(OC(=O)C42)C3OC(=O)CCC(=O)OC(C)C(F)(F)S(=O)(=O)O)CCCC1. The average molecular weight is 555 g/mol. The Kier molecular flexibility index (Phi) is 7.27. The molecule has 7 atom stereocenters. The molecule has 4 fully saturated rings. The second-order valence-electron chi connectivity index (χ2n) is 9.81. The number of hydrogen-bond acceptors (Lipinski definition) is 11. The molecule has 0 amide bonds. The Morgan fingerprint density at radius 1 is 1.14 bits per heavy atom. The third kappa shape index (κ3) is 4.92. The second kappa shape index (κ2) is 9.73. The molecule has 3 heterocycles. The van der Waals surface area contributed by atoms with Crippen LogP contribution in [-0.2, 0) is 53.0 Å². The van der Waals surface area contributed by atoms with Gasteiger partial charge in [-0.2, -0.15) is 17.2 Å². The molecule has 0 radical (unpaired) electrons. The van der Waals surface area contributed by atoms with E-state index in [0.717, 1.165) is 12.8 Å². The summed E-state index contributed by atoms with van der Waals surface area (Å²) in [5.41, 5.74) is -0.614. The van der Waals surface area contributed by atoms with E-state index >= 15 is 0 Å². The van der Waals surface area contributed by atoms with Gasteiger partial charge in [-0.25, -0.2) is 0 Å². The molecule has 4 aliphatic rings. The Labute approximate surface area is 211 Å². The molecule has 7 unspecified atom stereocenters. The molecule has 2 bridgehead atoms. The van der Waals surface area contributed by atoms with Crippen LogP contribution in [0.3, 0.4) is 0 Å². The van der Waals surface area contributed by atoms with Gasteiger partial charge in [0.1, 0.15) is 29.6 Å². The van der Waals surface area contributed by atoms with E-state index in [0.29, 0.717) is 26.2 Å². The number of carbonyl (C=O) groups excluding carboxylic acids is 4. The van der Waals surface area contributed by atoms with Gasteiger partial charge in [0.25, 0.3) is 0 Å². The number of carbonyl (C=O) groups is 4. The Bertz CT molecular complexity index is 1070. The summed E-state index contributed by atoms with van der Waals surface area (Å²) >= 11 is 0. The van der Waals surface area contributed by atoms with Crippen molar-refractivity contribution in [3.8, 4) is 0 Å². The minimum absolute atomic E-state index is 0.564. The summed E-state index contributed by atoms with van der Waals surface area (Å²) in [5, 5.41) is -4.75. The second-order valence-corrected chi connectivity index (χ2v) is 11.3. The predicted octanol–water partition coefficient (Wildman–Crippen LogP) is 1.30. The fraction of sp³-hybridized carbons (Fsp3) is 0.818. The van der Waals surface area contributed by atoms with E-state index in [1.807, 2.05) is 6.92 Å². The summed E-state index contributed by atoms with van der Waals surface area (Å²) in [4.78, 5) is 49.9. The van der Waals surface area contributed by atoms with Crippen LogP contribution in [0.4, 0.5) is 8.78 Å². The molecule has 15 heteroatoms.